The zero-order valence-corrected chi connectivity index (χ0v) is 15.2. The molecule has 0 radical (unpaired) electrons. The number of hydrogen-bond donors (Lipinski definition) is 0. The third kappa shape index (κ3) is 3.95. The number of nitro benzene ring substituents is 1. The topological polar surface area (TPSA) is 81.8 Å². The Kier molecular flexibility index (Phi) is 5.45. The molecule has 0 aromatic heterocycles. The lowest BCUT2D eigenvalue weighted by molar-refractivity contribution is -0.384. The van der Waals surface area contributed by atoms with E-state index in [1.54, 1.807) is 19.1 Å². The molecular weight excluding hydrogens is 344 g/mol. The zero-order chi connectivity index (χ0) is 19.4. The van der Waals surface area contributed by atoms with Crippen LogP contribution in [-0.4, -0.2) is 23.2 Å². The molecule has 138 valence electrons. The predicted molar refractivity (Wildman–Crippen MR) is 103 cm³/mol. The number of aliphatic imine (C=N–C) groups is 1. The zero-order valence-electron chi connectivity index (χ0n) is 15.2. The van der Waals surface area contributed by atoms with E-state index in [2.05, 4.69) is 4.99 Å². The van der Waals surface area contributed by atoms with Crippen LogP contribution in [0.25, 0.3) is 5.70 Å². The monoisotopic (exact) mass is 364 g/mol. The largest absolute Gasteiger partial charge is 0.465 e. The Hall–Kier alpha value is -3.28. The summed E-state index contributed by atoms with van der Waals surface area (Å²) in [4.78, 5) is 27.7. The van der Waals surface area contributed by atoms with E-state index in [1.165, 1.54) is 12.1 Å². The molecule has 6 nitrogen and oxygen atoms in total. The van der Waals surface area contributed by atoms with Crippen LogP contribution in [0.1, 0.15) is 30.9 Å². The Bertz CT molecular complexity index is 902. The number of rotatable bonds is 5. The summed E-state index contributed by atoms with van der Waals surface area (Å²) in [6.45, 7) is 3.86. The van der Waals surface area contributed by atoms with Crippen molar-refractivity contribution in [2.24, 2.45) is 10.9 Å². The van der Waals surface area contributed by atoms with Gasteiger partial charge in [0.25, 0.3) is 5.69 Å². The van der Waals surface area contributed by atoms with E-state index < -0.39 is 10.8 Å². The normalized spacial score (nSPS) is 19.0. The van der Waals surface area contributed by atoms with Crippen molar-refractivity contribution in [3.63, 3.8) is 0 Å². The fraction of sp³-hybridized carbons (Fsp3) is 0.238. The number of allylic oxidation sites excluding steroid dienone is 1. The van der Waals surface area contributed by atoms with E-state index in [-0.39, 0.29) is 24.2 Å². The van der Waals surface area contributed by atoms with Crippen LogP contribution < -0.4 is 0 Å². The minimum atomic E-state index is -0.557. The van der Waals surface area contributed by atoms with Crippen molar-refractivity contribution in [2.45, 2.75) is 19.8 Å². The van der Waals surface area contributed by atoms with Crippen molar-refractivity contribution in [1.29, 1.82) is 0 Å². The van der Waals surface area contributed by atoms with Crippen molar-refractivity contribution in [3.8, 4) is 0 Å². The maximum Gasteiger partial charge on any atom is 0.315 e. The van der Waals surface area contributed by atoms with Crippen LogP contribution in [0, 0.1) is 16.0 Å². The molecule has 1 aliphatic rings. The summed E-state index contributed by atoms with van der Waals surface area (Å²) in [6.07, 6.45) is 1.94. The highest BCUT2D eigenvalue weighted by molar-refractivity contribution is 6.05. The number of ether oxygens (including phenoxy) is 1. The molecule has 0 spiro atoms. The summed E-state index contributed by atoms with van der Waals surface area (Å²) >= 11 is 0. The van der Waals surface area contributed by atoms with E-state index in [0.717, 1.165) is 16.8 Å². The number of non-ortho nitro benzene ring substituents is 1. The minimum absolute atomic E-state index is 0.0138. The van der Waals surface area contributed by atoms with Crippen LogP contribution in [-0.2, 0) is 9.53 Å². The predicted octanol–water partition coefficient (Wildman–Crippen LogP) is 4.37. The number of nitrogens with zero attached hydrogens (tertiary/aromatic N) is 2. The number of carbonyl (C=O) groups is 1. The molecule has 3 rings (SSSR count). The first-order valence-electron chi connectivity index (χ1n) is 8.74. The van der Waals surface area contributed by atoms with Crippen LogP contribution in [0.15, 0.2) is 65.7 Å². The van der Waals surface area contributed by atoms with Crippen LogP contribution in [0.2, 0.25) is 0 Å². The number of nitro groups is 1. The third-order valence-electron chi connectivity index (χ3n) is 4.54. The molecule has 0 saturated heterocycles. The first-order chi connectivity index (χ1) is 13.0. The van der Waals surface area contributed by atoms with Crippen molar-refractivity contribution in [1.82, 2.24) is 0 Å². The molecule has 1 aliphatic heterocycles. The summed E-state index contributed by atoms with van der Waals surface area (Å²) < 4.78 is 5.25. The Labute approximate surface area is 157 Å². The smallest absolute Gasteiger partial charge is 0.315 e. The molecule has 0 amide bonds. The molecule has 2 aromatic rings. The van der Waals surface area contributed by atoms with Gasteiger partial charge in [-0.15, -0.1) is 0 Å². The molecule has 0 fully saturated rings. The number of hydrogen-bond acceptors (Lipinski definition) is 5. The van der Waals surface area contributed by atoms with Gasteiger partial charge in [-0.3, -0.25) is 19.9 Å². The minimum Gasteiger partial charge on any atom is -0.465 e. The van der Waals surface area contributed by atoms with Gasteiger partial charge in [-0.2, -0.15) is 0 Å². The molecule has 0 aliphatic carbocycles. The Morgan fingerprint density at radius 2 is 1.81 bits per heavy atom. The Balaban J connectivity index is 2.05. The molecule has 0 saturated carbocycles. The summed E-state index contributed by atoms with van der Waals surface area (Å²) in [6, 6.07) is 16.0. The first-order valence-corrected chi connectivity index (χ1v) is 8.74. The highest BCUT2D eigenvalue weighted by Gasteiger charge is 2.35. The van der Waals surface area contributed by atoms with Gasteiger partial charge in [-0.25, -0.2) is 0 Å². The fourth-order valence-corrected chi connectivity index (χ4v) is 3.25. The second kappa shape index (κ2) is 7.95. The van der Waals surface area contributed by atoms with E-state index in [9.17, 15) is 14.9 Å². The van der Waals surface area contributed by atoms with Gasteiger partial charge in [0.1, 0.15) is 5.92 Å². The maximum absolute atomic E-state index is 12.6. The van der Waals surface area contributed by atoms with Gasteiger partial charge in [-0.1, -0.05) is 42.5 Å². The summed E-state index contributed by atoms with van der Waals surface area (Å²) in [5, 5.41) is 10.9. The SMILES string of the molecule is CCOC(=O)C1C(C)=NC(c2ccccc2)=CC1c1ccc([N+](=O)[O-])cc1. The second-order valence-electron chi connectivity index (χ2n) is 6.28. The van der Waals surface area contributed by atoms with Gasteiger partial charge >= 0.3 is 5.97 Å². The van der Waals surface area contributed by atoms with Crippen LogP contribution in [0.3, 0.4) is 0 Å². The van der Waals surface area contributed by atoms with Crippen molar-refractivity contribution < 1.29 is 14.5 Å². The molecule has 2 atom stereocenters. The van der Waals surface area contributed by atoms with E-state index in [0.29, 0.717) is 5.71 Å². The van der Waals surface area contributed by atoms with Crippen LogP contribution in [0.4, 0.5) is 5.69 Å². The third-order valence-corrected chi connectivity index (χ3v) is 4.54. The molecule has 0 N–H and O–H groups in total. The lowest BCUT2D eigenvalue weighted by Gasteiger charge is -2.28. The average molecular weight is 364 g/mol. The Morgan fingerprint density at radius 3 is 2.41 bits per heavy atom. The van der Waals surface area contributed by atoms with Crippen LogP contribution >= 0.6 is 0 Å². The second-order valence-corrected chi connectivity index (χ2v) is 6.28. The maximum atomic E-state index is 12.6. The van der Waals surface area contributed by atoms with E-state index >= 15 is 0 Å². The number of benzene rings is 2. The molecule has 2 aromatic carbocycles. The molecule has 1 heterocycles. The van der Waals surface area contributed by atoms with E-state index in [1.807, 2.05) is 43.3 Å². The standard InChI is InChI=1S/C21H20N2O4/c1-3-27-21(24)20-14(2)22-19(16-7-5-4-6-8-16)13-18(20)15-9-11-17(12-10-15)23(25)26/h4-13,18,20H,3H2,1-2H3. The molecule has 6 heteroatoms. The van der Waals surface area contributed by atoms with Gasteiger partial charge in [0.05, 0.1) is 17.2 Å². The molecule has 0 bridgehead atoms. The van der Waals surface area contributed by atoms with Gasteiger partial charge in [-0.05, 0) is 31.1 Å². The summed E-state index contributed by atoms with van der Waals surface area (Å²) in [5.74, 6) is -1.21. The molecule has 27 heavy (non-hydrogen) atoms. The highest BCUT2D eigenvalue weighted by Crippen LogP contribution is 2.37. The number of esters is 1. The molecular formula is C21H20N2O4. The Morgan fingerprint density at radius 1 is 1.15 bits per heavy atom. The van der Waals surface area contributed by atoms with Gasteiger partial charge in [0.2, 0.25) is 0 Å². The van der Waals surface area contributed by atoms with E-state index in [4.69, 9.17) is 4.74 Å². The summed E-state index contributed by atoms with van der Waals surface area (Å²) in [5.41, 5.74) is 3.21. The summed E-state index contributed by atoms with van der Waals surface area (Å²) in [7, 11) is 0. The first kappa shape index (κ1) is 18.5. The lowest BCUT2D eigenvalue weighted by Crippen LogP contribution is -2.32. The highest BCUT2D eigenvalue weighted by atomic mass is 16.6. The van der Waals surface area contributed by atoms with Gasteiger partial charge in [0.15, 0.2) is 0 Å². The van der Waals surface area contributed by atoms with Crippen molar-refractivity contribution in [2.75, 3.05) is 6.61 Å². The van der Waals surface area contributed by atoms with Gasteiger partial charge in [0, 0.05) is 23.8 Å². The quantitative estimate of drug-likeness (QED) is 0.448. The lowest BCUT2D eigenvalue weighted by atomic mass is 9.80. The van der Waals surface area contributed by atoms with Gasteiger partial charge < -0.3 is 4.74 Å². The number of carbonyl (C=O) groups excluding carboxylic acids is 1. The van der Waals surface area contributed by atoms with Crippen molar-refractivity contribution >= 4 is 23.1 Å². The molecule has 2 unspecified atom stereocenters. The average Bonchev–Trinajstić information content (AvgIpc) is 2.68. The van der Waals surface area contributed by atoms with Crippen molar-refractivity contribution in [3.05, 3.63) is 81.9 Å². The van der Waals surface area contributed by atoms with Crippen LogP contribution in [0.5, 0.6) is 0 Å². The fourth-order valence-electron chi connectivity index (χ4n) is 3.25.